The van der Waals surface area contributed by atoms with Gasteiger partial charge in [-0.25, -0.2) is 0 Å². The first-order chi connectivity index (χ1) is 12.4. The van der Waals surface area contributed by atoms with Crippen LogP contribution in [0.15, 0.2) is 11.6 Å². The number of allylic oxidation sites excluding steroid dienone is 1. The minimum Gasteiger partial charge on any atom is -0.379 e. The van der Waals surface area contributed by atoms with Crippen molar-refractivity contribution in [3.8, 4) is 0 Å². The van der Waals surface area contributed by atoms with E-state index in [0.717, 1.165) is 19.5 Å². The summed E-state index contributed by atoms with van der Waals surface area (Å²) in [6.07, 6.45) is -0.744. The molecule has 2 rings (SSSR count). The molecule has 0 bridgehead atoms. The number of carbonyl (C=O) groups excluding carboxylic acids is 1. The first kappa shape index (κ1) is 21.2. The van der Waals surface area contributed by atoms with Crippen LogP contribution in [0.4, 0.5) is 13.2 Å². The molecule has 0 spiro atoms. The molecule has 1 amide bonds. The molecule has 1 unspecified atom stereocenters. The van der Waals surface area contributed by atoms with Gasteiger partial charge in [0.15, 0.2) is 0 Å². The van der Waals surface area contributed by atoms with E-state index in [4.69, 9.17) is 9.47 Å². The Kier molecular flexibility index (Phi) is 7.91. The standard InChI is InChI=1S/C18H29F3N2O3/c1-2-3-5-15-6-4-11-26-17(14-15,18(19,20)21)16(24)22-7-8-23-9-12-25-13-10-23/h5H,2-4,6-14H2,1H3,(H,22,24). The molecule has 2 heterocycles. The third kappa shape index (κ3) is 5.44. The van der Waals surface area contributed by atoms with Gasteiger partial charge in [0.05, 0.1) is 13.2 Å². The molecular formula is C18H29F3N2O3. The summed E-state index contributed by atoms with van der Waals surface area (Å²) in [5.41, 5.74) is -2.13. The number of halogens is 3. The summed E-state index contributed by atoms with van der Waals surface area (Å²) in [6.45, 7) is 5.22. The normalized spacial score (nSPS) is 27.3. The van der Waals surface area contributed by atoms with Crippen LogP contribution in [-0.2, 0) is 14.3 Å². The quantitative estimate of drug-likeness (QED) is 0.722. The number of nitrogens with one attached hydrogen (secondary N) is 1. The fourth-order valence-electron chi connectivity index (χ4n) is 3.28. The van der Waals surface area contributed by atoms with Crippen LogP contribution >= 0.6 is 0 Å². The van der Waals surface area contributed by atoms with E-state index in [1.54, 1.807) is 0 Å². The first-order valence-electron chi connectivity index (χ1n) is 9.36. The number of nitrogens with zero attached hydrogens (tertiary/aromatic N) is 1. The number of rotatable bonds is 6. The maximum absolute atomic E-state index is 13.9. The molecule has 0 aromatic carbocycles. The van der Waals surface area contributed by atoms with E-state index in [-0.39, 0.29) is 13.2 Å². The lowest BCUT2D eigenvalue weighted by Gasteiger charge is -2.34. The Morgan fingerprint density at radius 1 is 1.31 bits per heavy atom. The highest BCUT2D eigenvalue weighted by atomic mass is 19.4. The largest absolute Gasteiger partial charge is 0.426 e. The van der Waals surface area contributed by atoms with Gasteiger partial charge >= 0.3 is 6.18 Å². The van der Waals surface area contributed by atoms with Crippen LogP contribution in [0.25, 0.3) is 0 Å². The van der Waals surface area contributed by atoms with Crippen molar-refractivity contribution in [3.05, 3.63) is 11.6 Å². The van der Waals surface area contributed by atoms with Crippen molar-refractivity contribution in [1.29, 1.82) is 0 Å². The third-order valence-corrected chi connectivity index (χ3v) is 4.83. The molecular weight excluding hydrogens is 349 g/mol. The molecule has 0 aromatic heterocycles. The molecule has 2 aliphatic heterocycles. The van der Waals surface area contributed by atoms with Crippen molar-refractivity contribution in [2.45, 2.75) is 50.8 Å². The topological polar surface area (TPSA) is 50.8 Å². The van der Waals surface area contributed by atoms with Crippen LogP contribution in [0.2, 0.25) is 0 Å². The van der Waals surface area contributed by atoms with Crippen molar-refractivity contribution in [3.63, 3.8) is 0 Å². The molecule has 2 saturated heterocycles. The number of alkyl halides is 3. The second-order valence-electron chi connectivity index (χ2n) is 6.81. The Morgan fingerprint density at radius 2 is 2.04 bits per heavy atom. The number of ether oxygens (including phenoxy) is 2. The van der Waals surface area contributed by atoms with Gasteiger partial charge in [-0.1, -0.05) is 25.0 Å². The minimum atomic E-state index is -4.76. The van der Waals surface area contributed by atoms with Crippen molar-refractivity contribution in [2.75, 3.05) is 46.0 Å². The van der Waals surface area contributed by atoms with E-state index >= 15 is 0 Å². The van der Waals surface area contributed by atoms with E-state index in [0.29, 0.717) is 44.6 Å². The second kappa shape index (κ2) is 9.71. The average molecular weight is 378 g/mol. The smallest absolute Gasteiger partial charge is 0.379 e. The highest BCUT2D eigenvalue weighted by Gasteiger charge is 2.62. The third-order valence-electron chi connectivity index (χ3n) is 4.83. The van der Waals surface area contributed by atoms with Gasteiger partial charge in [0, 0.05) is 39.2 Å². The number of amides is 1. The van der Waals surface area contributed by atoms with Gasteiger partial charge in [0.2, 0.25) is 5.60 Å². The number of carbonyl (C=O) groups is 1. The molecule has 8 heteroatoms. The van der Waals surface area contributed by atoms with E-state index in [2.05, 4.69) is 10.2 Å². The van der Waals surface area contributed by atoms with Crippen molar-refractivity contribution in [1.82, 2.24) is 10.2 Å². The van der Waals surface area contributed by atoms with Crippen LogP contribution in [0.3, 0.4) is 0 Å². The maximum atomic E-state index is 13.9. The summed E-state index contributed by atoms with van der Waals surface area (Å²) in [5, 5.41) is 2.46. The zero-order valence-corrected chi connectivity index (χ0v) is 15.4. The van der Waals surface area contributed by atoms with Crippen LogP contribution in [0, 0.1) is 0 Å². The summed E-state index contributed by atoms with van der Waals surface area (Å²) < 4.78 is 52.0. The van der Waals surface area contributed by atoms with E-state index < -0.39 is 24.1 Å². The Bertz CT molecular complexity index is 491. The molecule has 2 fully saturated rings. The van der Waals surface area contributed by atoms with Gasteiger partial charge < -0.3 is 14.8 Å². The lowest BCUT2D eigenvalue weighted by Crippen LogP contribution is -2.59. The maximum Gasteiger partial charge on any atom is 0.426 e. The van der Waals surface area contributed by atoms with Gasteiger partial charge in [-0.15, -0.1) is 0 Å². The molecule has 0 aromatic rings. The zero-order chi connectivity index (χ0) is 19.0. The van der Waals surface area contributed by atoms with E-state index in [1.165, 1.54) is 0 Å². The zero-order valence-electron chi connectivity index (χ0n) is 15.4. The minimum absolute atomic E-state index is 0.0696. The van der Waals surface area contributed by atoms with Gasteiger partial charge in [-0.3, -0.25) is 9.69 Å². The predicted octanol–water partition coefficient (Wildman–Crippen LogP) is 2.66. The van der Waals surface area contributed by atoms with Gasteiger partial charge in [-0.05, 0) is 19.3 Å². The number of morpholine rings is 1. The van der Waals surface area contributed by atoms with Crippen LogP contribution in [0.1, 0.15) is 39.0 Å². The fraction of sp³-hybridized carbons (Fsp3) is 0.833. The second-order valence-corrected chi connectivity index (χ2v) is 6.81. The van der Waals surface area contributed by atoms with Gasteiger partial charge in [-0.2, -0.15) is 13.2 Å². The Labute approximate surface area is 152 Å². The molecule has 2 aliphatic rings. The molecule has 26 heavy (non-hydrogen) atoms. The fourth-order valence-corrected chi connectivity index (χ4v) is 3.28. The molecule has 5 nitrogen and oxygen atoms in total. The van der Waals surface area contributed by atoms with Gasteiger partial charge in [0.1, 0.15) is 0 Å². The molecule has 150 valence electrons. The average Bonchev–Trinajstić information content (AvgIpc) is 2.84. The Morgan fingerprint density at radius 3 is 2.69 bits per heavy atom. The van der Waals surface area contributed by atoms with Crippen LogP contribution in [-0.4, -0.2) is 68.6 Å². The van der Waals surface area contributed by atoms with Crippen molar-refractivity contribution in [2.24, 2.45) is 0 Å². The number of unbranched alkanes of at least 4 members (excludes halogenated alkanes) is 1. The highest BCUT2D eigenvalue weighted by Crippen LogP contribution is 2.41. The van der Waals surface area contributed by atoms with Crippen molar-refractivity contribution >= 4 is 5.91 Å². The Balaban J connectivity index is 2.05. The molecule has 0 radical (unpaired) electrons. The SMILES string of the molecule is CCCC=C1CCCOC(C(=O)NCCN2CCOCC2)(C(F)(F)F)C1. The van der Waals surface area contributed by atoms with Crippen molar-refractivity contribution < 1.29 is 27.4 Å². The van der Waals surface area contributed by atoms with E-state index in [1.807, 2.05) is 13.0 Å². The summed E-state index contributed by atoms with van der Waals surface area (Å²) in [7, 11) is 0. The molecule has 1 N–H and O–H groups in total. The lowest BCUT2D eigenvalue weighted by atomic mass is 9.90. The van der Waals surface area contributed by atoms with E-state index in [9.17, 15) is 18.0 Å². The molecule has 0 saturated carbocycles. The number of hydrogen-bond acceptors (Lipinski definition) is 4. The monoisotopic (exact) mass is 378 g/mol. The summed E-state index contributed by atoms with van der Waals surface area (Å²) in [6, 6.07) is 0. The Hall–Kier alpha value is -1.12. The molecule has 0 aliphatic carbocycles. The predicted molar refractivity (Wildman–Crippen MR) is 91.8 cm³/mol. The number of hydrogen-bond donors (Lipinski definition) is 1. The van der Waals surface area contributed by atoms with Crippen LogP contribution < -0.4 is 5.32 Å². The van der Waals surface area contributed by atoms with Crippen LogP contribution in [0.5, 0.6) is 0 Å². The van der Waals surface area contributed by atoms with Gasteiger partial charge in [0.25, 0.3) is 5.91 Å². The summed E-state index contributed by atoms with van der Waals surface area (Å²) >= 11 is 0. The first-order valence-corrected chi connectivity index (χ1v) is 9.36. The summed E-state index contributed by atoms with van der Waals surface area (Å²) in [5.74, 6) is -1.08. The molecule has 1 atom stereocenters. The highest BCUT2D eigenvalue weighted by molar-refractivity contribution is 5.86. The lowest BCUT2D eigenvalue weighted by molar-refractivity contribution is -0.265. The summed E-state index contributed by atoms with van der Waals surface area (Å²) in [4.78, 5) is 14.6.